The molecule has 0 saturated heterocycles. The number of alkyl halides is 1. The van der Waals surface area contributed by atoms with Gasteiger partial charge in [-0.1, -0.05) is 62.3 Å². The molecule has 0 amide bonds. The maximum Gasteiger partial charge on any atom is 0.259 e. The fraction of sp³-hybridized carbons (Fsp3) is 0.222. The standard InChI is InChI=1S/C18H16Cl2N2O4.C14H8Cl2N2O2.C4H9BrO2/c1-24-16(25-2)9-26-15-6-4-11(20)8-13(15)17-21-14-5-3-10(19)7-12(14)18(23)22-17;15-7-1-3-11-9(5-7)14(20)18-13(17-11)10-6-8(16)2-4-12(10)19;1-6-4(3-5)7-2/h3-8,16H,9H2,1-2H3,(H,21,22,23);1-6,19H,(H,17,18,20);4H,3H2,1-2H3. The van der Waals surface area contributed by atoms with Gasteiger partial charge in [0.25, 0.3) is 11.1 Å². The van der Waals surface area contributed by atoms with Crippen LogP contribution < -0.4 is 15.9 Å². The first-order chi connectivity index (χ1) is 25.4. The van der Waals surface area contributed by atoms with Crippen molar-refractivity contribution in [3.05, 3.63) is 114 Å². The zero-order valence-electron chi connectivity index (χ0n) is 28.6. The van der Waals surface area contributed by atoms with Gasteiger partial charge in [0, 0.05) is 48.5 Å². The Morgan fingerprint density at radius 2 is 1.08 bits per heavy atom. The number of hydrogen-bond acceptors (Lipinski definition) is 10. The topological polar surface area (TPSA) is 158 Å². The van der Waals surface area contributed by atoms with Gasteiger partial charge in [-0.3, -0.25) is 9.59 Å². The van der Waals surface area contributed by atoms with Gasteiger partial charge >= 0.3 is 0 Å². The lowest BCUT2D eigenvalue weighted by Crippen LogP contribution is -2.22. The first-order valence-electron chi connectivity index (χ1n) is 15.4. The molecule has 2 heterocycles. The lowest BCUT2D eigenvalue weighted by atomic mass is 10.1. The van der Waals surface area contributed by atoms with E-state index in [0.29, 0.717) is 64.6 Å². The van der Waals surface area contributed by atoms with E-state index >= 15 is 0 Å². The molecule has 0 spiro atoms. The van der Waals surface area contributed by atoms with Gasteiger partial charge in [0.05, 0.1) is 38.3 Å². The second-order valence-electron chi connectivity index (χ2n) is 10.7. The Balaban J connectivity index is 0.000000205. The molecule has 0 unspecified atom stereocenters. The molecule has 0 fully saturated rings. The molecule has 0 aliphatic rings. The third-order valence-corrected chi connectivity index (χ3v) is 8.77. The molecule has 6 rings (SSSR count). The number of H-pyrrole nitrogens is 2. The lowest BCUT2D eigenvalue weighted by Gasteiger charge is -2.16. The molecular formula is C36H33BrCl4N4O8. The smallest absolute Gasteiger partial charge is 0.259 e. The Morgan fingerprint density at radius 3 is 1.55 bits per heavy atom. The molecule has 0 saturated carbocycles. The summed E-state index contributed by atoms with van der Waals surface area (Å²) in [5, 5.41) is 13.2. The van der Waals surface area contributed by atoms with Crippen molar-refractivity contribution in [1.82, 2.24) is 19.9 Å². The SMILES string of the molecule is COC(CBr)OC.COC(COc1ccc(Cl)cc1-c1nc2ccc(Cl)cc2c(=O)[nH]1)OC.O=c1[nH]c(-c2cc(Cl)ccc2O)nc2ccc(Cl)cc12. The summed E-state index contributed by atoms with van der Waals surface area (Å²) in [4.78, 5) is 38.7. The van der Waals surface area contributed by atoms with Crippen LogP contribution in [0.5, 0.6) is 11.5 Å². The monoisotopic (exact) mass is 868 g/mol. The normalized spacial score (nSPS) is 11.0. The highest BCUT2D eigenvalue weighted by molar-refractivity contribution is 9.09. The van der Waals surface area contributed by atoms with Crippen LogP contribution in [-0.2, 0) is 18.9 Å². The first-order valence-corrected chi connectivity index (χ1v) is 18.0. The largest absolute Gasteiger partial charge is 0.507 e. The predicted octanol–water partition coefficient (Wildman–Crippen LogP) is 8.50. The van der Waals surface area contributed by atoms with E-state index in [2.05, 4.69) is 35.9 Å². The maximum atomic E-state index is 12.4. The summed E-state index contributed by atoms with van der Waals surface area (Å²) < 4.78 is 25.6. The molecule has 280 valence electrons. The van der Waals surface area contributed by atoms with E-state index in [0.717, 1.165) is 5.33 Å². The summed E-state index contributed by atoms with van der Waals surface area (Å²) in [6.07, 6.45) is -0.621. The van der Waals surface area contributed by atoms with Crippen LogP contribution in [0.15, 0.2) is 82.4 Å². The number of rotatable bonds is 10. The average molecular weight is 871 g/mol. The molecule has 4 aromatic carbocycles. The third-order valence-electron chi connectivity index (χ3n) is 7.30. The Kier molecular flexibility index (Phi) is 15.9. The number of benzene rings is 4. The number of aromatic hydroxyl groups is 1. The van der Waals surface area contributed by atoms with E-state index in [4.69, 9.17) is 70.1 Å². The number of methoxy groups -OCH3 is 4. The molecule has 0 radical (unpaired) electrons. The van der Waals surface area contributed by atoms with E-state index in [9.17, 15) is 14.7 Å². The third kappa shape index (κ3) is 11.4. The first kappa shape index (κ1) is 42.0. The van der Waals surface area contributed by atoms with Gasteiger partial charge in [0.2, 0.25) is 0 Å². The molecule has 53 heavy (non-hydrogen) atoms. The van der Waals surface area contributed by atoms with E-state index in [1.54, 1.807) is 74.9 Å². The summed E-state index contributed by atoms with van der Waals surface area (Å²) in [7, 11) is 6.26. The fourth-order valence-electron chi connectivity index (χ4n) is 4.60. The zero-order chi connectivity index (χ0) is 38.7. The summed E-state index contributed by atoms with van der Waals surface area (Å²) in [5.74, 6) is 1.08. The number of ether oxygens (including phenoxy) is 5. The molecule has 0 atom stereocenters. The number of nitrogens with one attached hydrogen (secondary N) is 2. The van der Waals surface area contributed by atoms with Crippen LogP contribution in [0.2, 0.25) is 20.1 Å². The lowest BCUT2D eigenvalue weighted by molar-refractivity contribution is -0.121. The highest BCUT2D eigenvalue weighted by Gasteiger charge is 2.15. The molecular weight excluding hydrogens is 838 g/mol. The molecule has 12 nitrogen and oxygen atoms in total. The minimum atomic E-state index is -0.524. The van der Waals surface area contributed by atoms with Crippen LogP contribution in [0.1, 0.15) is 0 Å². The highest BCUT2D eigenvalue weighted by Crippen LogP contribution is 2.32. The van der Waals surface area contributed by atoms with Gasteiger partial charge in [-0.15, -0.1) is 0 Å². The van der Waals surface area contributed by atoms with E-state index in [-0.39, 0.29) is 35.6 Å². The van der Waals surface area contributed by atoms with Crippen LogP contribution >= 0.6 is 62.3 Å². The minimum Gasteiger partial charge on any atom is -0.507 e. The van der Waals surface area contributed by atoms with Gasteiger partial charge in [-0.05, 0) is 72.8 Å². The molecule has 2 aromatic heterocycles. The number of hydrogen-bond donors (Lipinski definition) is 3. The summed E-state index contributed by atoms with van der Waals surface area (Å²) in [6.45, 7) is 0.162. The minimum absolute atomic E-state index is 0.00846. The van der Waals surface area contributed by atoms with E-state index < -0.39 is 6.29 Å². The number of fused-ring (bicyclic) bond motifs is 2. The number of nitrogens with zero attached hydrogens (tertiary/aromatic N) is 2. The van der Waals surface area contributed by atoms with E-state index in [1.165, 1.54) is 26.4 Å². The van der Waals surface area contributed by atoms with Crippen molar-refractivity contribution in [2.45, 2.75) is 12.6 Å². The van der Waals surface area contributed by atoms with Crippen LogP contribution in [0.3, 0.4) is 0 Å². The molecule has 0 bridgehead atoms. The van der Waals surface area contributed by atoms with Crippen molar-refractivity contribution >= 4 is 84.1 Å². The quantitative estimate of drug-likeness (QED) is 0.0901. The number of phenols is 1. The second kappa shape index (κ2) is 20.1. The zero-order valence-corrected chi connectivity index (χ0v) is 33.2. The number of halogens is 5. The Hall–Kier alpha value is -3.76. The Labute approximate surface area is 332 Å². The van der Waals surface area contributed by atoms with Crippen molar-refractivity contribution < 1.29 is 28.8 Å². The van der Waals surface area contributed by atoms with Crippen LogP contribution in [0.25, 0.3) is 44.6 Å². The van der Waals surface area contributed by atoms with Crippen LogP contribution in [0.4, 0.5) is 0 Å². The Morgan fingerprint density at radius 1 is 0.642 bits per heavy atom. The molecule has 3 N–H and O–H groups in total. The van der Waals surface area contributed by atoms with Crippen molar-refractivity contribution in [2.75, 3.05) is 40.4 Å². The molecule has 6 aromatic rings. The maximum absolute atomic E-state index is 12.4. The molecule has 17 heteroatoms. The molecule has 0 aliphatic heterocycles. The van der Waals surface area contributed by atoms with Crippen LogP contribution in [-0.4, -0.2) is 78.0 Å². The summed E-state index contributed by atoms with van der Waals surface area (Å²) in [5.41, 5.74) is 1.30. The Bertz CT molecular complexity index is 2280. The van der Waals surface area contributed by atoms with Crippen molar-refractivity contribution in [3.8, 4) is 34.3 Å². The van der Waals surface area contributed by atoms with Gasteiger partial charge < -0.3 is 38.8 Å². The number of aromatic amines is 2. The van der Waals surface area contributed by atoms with Crippen molar-refractivity contribution in [1.29, 1.82) is 0 Å². The van der Waals surface area contributed by atoms with Gasteiger partial charge in [0.15, 0.2) is 12.6 Å². The van der Waals surface area contributed by atoms with Gasteiger partial charge in [-0.25, -0.2) is 9.97 Å². The van der Waals surface area contributed by atoms with Crippen molar-refractivity contribution in [3.63, 3.8) is 0 Å². The van der Waals surface area contributed by atoms with Crippen molar-refractivity contribution in [2.24, 2.45) is 0 Å². The summed E-state index contributed by atoms with van der Waals surface area (Å²) in [6, 6.07) is 19.4. The molecule has 0 aliphatic carbocycles. The highest BCUT2D eigenvalue weighted by atomic mass is 79.9. The predicted molar refractivity (Wildman–Crippen MR) is 212 cm³/mol. The van der Waals surface area contributed by atoms with Gasteiger partial charge in [-0.2, -0.15) is 0 Å². The number of phenolic OH excluding ortho intramolecular Hbond substituents is 1. The van der Waals surface area contributed by atoms with E-state index in [1.807, 2.05) is 0 Å². The second-order valence-corrected chi connectivity index (χ2v) is 13.1. The fourth-order valence-corrected chi connectivity index (χ4v) is 5.82. The number of aromatic nitrogens is 4. The van der Waals surface area contributed by atoms with Gasteiger partial charge in [0.1, 0.15) is 29.8 Å². The summed E-state index contributed by atoms with van der Waals surface area (Å²) >= 11 is 27.0. The van der Waals surface area contributed by atoms with Crippen LogP contribution in [0, 0.1) is 0 Å². The average Bonchev–Trinajstić information content (AvgIpc) is 3.15.